The zero-order valence-electron chi connectivity index (χ0n) is 7.47. The first-order valence-corrected chi connectivity index (χ1v) is 5.12. The maximum atomic E-state index is 5.54. The van der Waals surface area contributed by atoms with Gasteiger partial charge in [-0.25, -0.2) is 0 Å². The maximum Gasteiger partial charge on any atom is 0.162 e. The standard InChI is InChI=1S/C10H11BrO2/c1-7-5-9-10(6-8(7)11)13-4-2-3-12-9/h5-6H,2-4H2,1H3. The van der Waals surface area contributed by atoms with Crippen molar-refractivity contribution < 1.29 is 9.47 Å². The van der Waals surface area contributed by atoms with Gasteiger partial charge in [0.1, 0.15) is 0 Å². The Morgan fingerprint density at radius 3 is 2.46 bits per heavy atom. The summed E-state index contributed by atoms with van der Waals surface area (Å²) in [6.07, 6.45) is 0.950. The molecule has 2 nitrogen and oxygen atoms in total. The molecule has 0 bridgehead atoms. The van der Waals surface area contributed by atoms with Crippen molar-refractivity contribution in [2.24, 2.45) is 0 Å². The third-order valence-electron chi connectivity index (χ3n) is 2.03. The number of fused-ring (bicyclic) bond motifs is 1. The van der Waals surface area contributed by atoms with Gasteiger partial charge in [-0.05, 0) is 24.6 Å². The van der Waals surface area contributed by atoms with Crippen molar-refractivity contribution in [2.45, 2.75) is 13.3 Å². The van der Waals surface area contributed by atoms with Crippen LogP contribution in [-0.2, 0) is 0 Å². The highest BCUT2D eigenvalue weighted by atomic mass is 79.9. The molecular weight excluding hydrogens is 232 g/mol. The number of hydrogen-bond acceptors (Lipinski definition) is 2. The minimum absolute atomic E-state index is 0.739. The fourth-order valence-electron chi connectivity index (χ4n) is 1.29. The highest BCUT2D eigenvalue weighted by Crippen LogP contribution is 2.34. The average molecular weight is 243 g/mol. The van der Waals surface area contributed by atoms with E-state index in [1.54, 1.807) is 0 Å². The molecule has 0 unspecified atom stereocenters. The first kappa shape index (κ1) is 8.88. The summed E-state index contributed by atoms with van der Waals surface area (Å²) >= 11 is 3.46. The lowest BCUT2D eigenvalue weighted by Crippen LogP contribution is -1.97. The van der Waals surface area contributed by atoms with Crippen LogP contribution in [0, 0.1) is 6.92 Å². The minimum atomic E-state index is 0.739. The molecule has 0 saturated carbocycles. The van der Waals surface area contributed by atoms with E-state index in [0.29, 0.717) is 0 Å². The van der Waals surface area contributed by atoms with E-state index in [4.69, 9.17) is 9.47 Å². The molecule has 1 aliphatic heterocycles. The SMILES string of the molecule is Cc1cc2c(cc1Br)OCCCO2. The van der Waals surface area contributed by atoms with Crippen molar-refractivity contribution in [3.8, 4) is 11.5 Å². The van der Waals surface area contributed by atoms with Gasteiger partial charge in [0.05, 0.1) is 13.2 Å². The van der Waals surface area contributed by atoms with E-state index in [1.807, 2.05) is 19.1 Å². The maximum absolute atomic E-state index is 5.54. The predicted molar refractivity (Wildman–Crippen MR) is 54.5 cm³/mol. The number of aryl methyl sites for hydroxylation is 1. The smallest absolute Gasteiger partial charge is 0.162 e. The summed E-state index contributed by atoms with van der Waals surface area (Å²) < 4.78 is 12.1. The molecule has 13 heavy (non-hydrogen) atoms. The van der Waals surface area contributed by atoms with Gasteiger partial charge in [0.15, 0.2) is 11.5 Å². The Balaban J connectivity index is 2.43. The number of halogens is 1. The van der Waals surface area contributed by atoms with Gasteiger partial charge >= 0.3 is 0 Å². The van der Waals surface area contributed by atoms with E-state index in [0.717, 1.165) is 35.6 Å². The van der Waals surface area contributed by atoms with Crippen molar-refractivity contribution in [1.82, 2.24) is 0 Å². The van der Waals surface area contributed by atoms with Gasteiger partial charge < -0.3 is 9.47 Å². The molecule has 1 heterocycles. The molecule has 70 valence electrons. The highest BCUT2D eigenvalue weighted by molar-refractivity contribution is 9.10. The van der Waals surface area contributed by atoms with Gasteiger partial charge in [-0.15, -0.1) is 0 Å². The van der Waals surface area contributed by atoms with Crippen LogP contribution in [-0.4, -0.2) is 13.2 Å². The van der Waals surface area contributed by atoms with Crippen molar-refractivity contribution in [3.63, 3.8) is 0 Å². The molecule has 3 heteroatoms. The van der Waals surface area contributed by atoms with E-state index in [9.17, 15) is 0 Å². The normalized spacial score (nSPS) is 15.2. The first-order chi connectivity index (χ1) is 6.27. The van der Waals surface area contributed by atoms with Crippen LogP contribution in [0.5, 0.6) is 11.5 Å². The van der Waals surface area contributed by atoms with Crippen LogP contribution < -0.4 is 9.47 Å². The summed E-state index contributed by atoms with van der Waals surface area (Å²) in [4.78, 5) is 0. The molecule has 0 aromatic heterocycles. The molecule has 0 saturated heterocycles. The summed E-state index contributed by atoms with van der Waals surface area (Å²) in [6.45, 7) is 3.52. The van der Waals surface area contributed by atoms with Crippen molar-refractivity contribution >= 4 is 15.9 Å². The van der Waals surface area contributed by atoms with E-state index in [2.05, 4.69) is 15.9 Å². The van der Waals surface area contributed by atoms with Gasteiger partial charge in [-0.2, -0.15) is 0 Å². The number of ether oxygens (including phenoxy) is 2. The zero-order valence-corrected chi connectivity index (χ0v) is 9.06. The molecule has 0 amide bonds. The second-order valence-corrected chi connectivity index (χ2v) is 3.95. The number of hydrogen-bond donors (Lipinski definition) is 0. The molecule has 0 spiro atoms. The largest absolute Gasteiger partial charge is 0.490 e. The molecule has 0 aliphatic carbocycles. The quantitative estimate of drug-likeness (QED) is 0.697. The van der Waals surface area contributed by atoms with Crippen LogP contribution >= 0.6 is 15.9 Å². The lowest BCUT2D eigenvalue weighted by atomic mass is 10.2. The molecule has 1 aromatic rings. The average Bonchev–Trinajstić information content (AvgIpc) is 2.31. The Morgan fingerprint density at radius 2 is 1.77 bits per heavy atom. The molecule has 2 rings (SSSR count). The number of benzene rings is 1. The van der Waals surface area contributed by atoms with E-state index < -0.39 is 0 Å². The molecular formula is C10H11BrO2. The number of rotatable bonds is 0. The van der Waals surface area contributed by atoms with Crippen LogP contribution in [0.15, 0.2) is 16.6 Å². The Bertz CT molecular complexity index is 292. The van der Waals surface area contributed by atoms with Crippen LogP contribution in [0.4, 0.5) is 0 Å². The van der Waals surface area contributed by atoms with Crippen LogP contribution in [0.2, 0.25) is 0 Å². The van der Waals surface area contributed by atoms with Crippen LogP contribution in [0.3, 0.4) is 0 Å². The van der Waals surface area contributed by atoms with Crippen molar-refractivity contribution in [3.05, 3.63) is 22.2 Å². The van der Waals surface area contributed by atoms with Gasteiger partial charge in [0, 0.05) is 10.9 Å². The fraction of sp³-hybridized carbons (Fsp3) is 0.400. The van der Waals surface area contributed by atoms with Crippen molar-refractivity contribution in [1.29, 1.82) is 0 Å². The van der Waals surface area contributed by atoms with Gasteiger partial charge in [-0.1, -0.05) is 15.9 Å². The Labute approximate surface area is 86.0 Å². The molecule has 1 aromatic carbocycles. The van der Waals surface area contributed by atoms with Crippen LogP contribution in [0.25, 0.3) is 0 Å². The fourth-order valence-corrected chi connectivity index (χ4v) is 1.61. The molecule has 0 fully saturated rings. The third-order valence-corrected chi connectivity index (χ3v) is 2.88. The van der Waals surface area contributed by atoms with E-state index >= 15 is 0 Å². The van der Waals surface area contributed by atoms with Gasteiger partial charge in [0.25, 0.3) is 0 Å². The summed E-state index contributed by atoms with van der Waals surface area (Å²) in [5.41, 5.74) is 1.17. The molecule has 0 atom stereocenters. The second kappa shape index (κ2) is 3.58. The summed E-state index contributed by atoms with van der Waals surface area (Å²) in [6, 6.07) is 3.97. The lowest BCUT2D eigenvalue weighted by Gasteiger charge is -2.08. The third kappa shape index (κ3) is 1.80. The summed E-state index contributed by atoms with van der Waals surface area (Å²) in [5, 5.41) is 0. The zero-order chi connectivity index (χ0) is 9.26. The summed E-state index contributed by atoms with van der Waals surface area (Å²) in [5.74, 6) is 1.70. The van der Waals surface area contributed by atoms with E-state index in [1.165, 1.54) is 5.56 Å². The Hall–Kier alpha value is -0.700. The van der Waals surface area contributed by atoms with Crippen LogP contribution in [0.1, 0.15) is 12.0 Å². The topological polar surface area (TPSA) is 18.5 Å². The molecule has 0 N–H and O–H groups in total. The Morgan fingerprint density at radius 1 is 1.15 bits per heavy atom. The highest BCUT2D eigenvalue weighted by Gasteiger charge is 2.11. The van der Waals surface area contributed by atoms with E-state index in [-0.39, 0.29) is 0 Å². The second-order valence-electron chi connectivity index (χ2n) is 3.10. The lowest BCUT2D eigenvalue weighted by molar-refractivity contribution is 0.297. The molecule has 0 radical (unpaired) electrons. The first-order valence-electron chi connectivity index (χ1n) is 4.33. The van der Waals surface area contributed by atoms with Crippen molar-refractivity contribution in [2.75, 3.05) is 13.2 Å². The Kier molecular flexibility index (Phi) is 2.44. The van der Waals surface area contributed by atoms with Gasteiger partial charge in [0.2, 0.25) is 0 Å². The monoisotopic (exact) mass is 242 g/mol. The predicted octanol–water partition coefficient (Wildman–Crippen LogP) is 2.92. The minimum Gasteiger partial charge on any atom is -0.490 e. The van der Waals surface area contributed by atoms with Gasteiger partial charge in [-0.3, -0.25) is 0 Å². The summed E-state index contributed by atoms with van der Waals surface area (Å²) in [7, 11) is 0. The molecule has 1 aliphatic rings.